The van der Waals surface area contributed by atoms with Gasteiger partial charge in [-0.2, -0.15) is 0 Å². The molecule has 2 amide bonds. The molecule has 0 radical (unpaired) electrons. The van der Waals surface area contributed by atoms with Crippen molar-refractivity contribution in [3.63, 3.8) is 0 Å². The summed E-state index contributed by atoms with van der Waals surface area (Å²) in [6.07, 6.45) is -2.52. The van der Waals surface area contributed by atoms with Gasteiger partial charge in [-0.15, -0.1) is 0 Å². The quantitative estimate of drug-likeness (QED) is 0.306. The van der Waals surface area contributed by atoms with Crippen LogP contribution in [0.5, 0.6) is 5.75 Å². The topological polar surface area (TPSA) is 123 Å². The van der Waals surface area contributed by atoms with Gasteiger partial charge in [0.15, 0.2) is 12.2 Å². The summed E-state index contributed by atoms with van der Waals surface area (Å²) in [5.74, 6) is -1.99. The fourth-order valence-electron chi connectivity index (χ4n) is 4.14. The van der Waals surface area contributed by atoms with Crippen LogP contribution in [0.1, 0.15) is 29.7 Å². The van der Waals surface area contributed by atoms with E-state index in [1.165, 1.54) is 0 Å². The van der Waals surface area contributed by atoms with E-state index < -0.39 is 36.0 Å². The Morgan fingerprint density at radius 2 is 1.50 bits per heavy atom. The first-order chi connectivity index (χ1) is 19.2. The van der Waals surface area contributed by atoms with Gasteiger partial charge in [0, 0.05) is 22.0 Å². The molecule has 0 bridgehead atoms. The van der Waals surface area contributed by atoms with E-state index in [1.807, 2.05) is 30.3 Å². The molecule has 1 saturated heterocycles. The van der Waals surface area contributed by atoms with E-state index in [1.54, 1.807) is 49.4 Å². The van der Waals surface area contributed by atoms with Crippen LogP contribution in [-0.2, 0) is 36.9 Å². The summed E-state index contributed by atoms with van der Waals surface area (Å²) in [5.41, 5.74) is 2.18. The Balaban J connectivity index is 1.33. The zero-order valence-corrected chi connectivity index (χ0v) is 23.0. The Labute approximate surface area is 241 Å². The van der Waals surface area contributed by atoms with E-state index >= 15 is 0 Å². The zero-order chi connectivity index (χ0) is 28.6. The SMILES string of the molecule is C[C@@H](NC(=O)[C@@H]1OCO[C@H]1C(=O)N[C@@H](Cc1ccc(OCc2c(Cl)cccc2Cl)cc1)C(=O)O)c1ccccc1. The molecule has 0 spiro atoms. The summed E-state index contributed by atoms with van der Waals surface area (Å²) in [5, 5.41) is 16.0. The van der Waals surface area contributed by atoms with Crippen molar-refractivity contribution in [2.45, 2.75) is 44.2 Å². The number of nitrogens with one attached hydrogen (secondary N) is 2. The Kier molecular flexibility index (Phi) is 10.0. The first-order valence-corrected chi connectivity index (χ1v) is 13.2. The Hall–Kier alpha value is -3.63. The van der Waals surface area contributed by atoms with Gasteiger partial charge in [-0.05, 0) is 42.3 Å². The van der Waals surface area contributed by atoms with E-state index in [2.05, 4.69) is 10.6 Å². The van der Waals surface area contributed by atoms with Crippen molar-refractivity contribution >= 4 is 41.0 Å². The third kappa shape index (κ3) is 7.51. The van der Waals surface area contributed by atoms with Gasteiger partial charge in [-0.1, -0.05) is 71.7 Å². The molecule has 1 heterocycles. The van der Waals surface area contributed by atoms with Crippen molar-refractivity contribution in [1.82, 2.24) is 10.6 Å². The van der Waals surface area contributed by atoms with Gasteiger partial charge in [-0.25, -0.2) is 4.79 Å². The number of amides is 2. The average molecular weight is 587 g/mol. The maximum absolute atomic E-state index is 12.9. The molecule has 4 atom stereocenters. The third-order valence-corrected chi connectivity index (χ3v) is 7.08. The van der Waals surface area contributed by atoms with Gasteiger partial charge in [0.05, 0.1) is 6.04 Å². The van der Waals surface area contributed by atoms with Crippen LogP contribution < -0.4 is 15.4 Å². The number of carbonyl (C=O) groups excluding carboxylic acids is 2. The lowest BCUT2D eigenvalue weighted by atomic mass is 10.0. The van der Waals surface area contributed by atoms with Crippen LogP contribution in [0.25, 0.3) is 0 Å². The Bertz CT molecular complexity index is 1320. The highest BCUT2D eigenvalue weighted by atomic mass is 35.5. The molecule has 40 heavy (non-hydrogen) atoms. The van der Waals surface area contributed by atoms with Crippen LogP contribution in [0.3, 0.4) is 0 Å². The van der Waals surface area contributed by atoms with E-state index in [0.29, 0.717) is 26.9 Å². The molecular weight excluding hydrogens is 559 g/mol. The van der Waals surface area contributed by atoms with E-state index in [-0.39, 0.29) is 25.9 Å². The number of rotatable bonds is 11. The van der Waals surface area contributed by atoms with Crippen molar-refractivity contribution in [1.29, 1.82) is 0 Å². The standard InChI is InChI=1S/C29H28Cl2N2O7/c1-17(19-6-3-2-4-7-19)32-27(34)25-26(40-16-39-25)28(35)33-24(29(36)37)14-18-10-12-20(13-11-18)38-15-21-22(30)8-5-9-23(21)31/h2-13,17,24-26H,14-16H2,1H3,(H,32,34)(H,33,35)(H,36,37)/t17-,24+,25-,26-/m1/s1. The fraction of sp³-hybridized carbons (Fsp3) is 0.276. The van der Waals surface area contributed by atoms with Gasteiger partial charge in [0.25, 0.3) is 11.8 Å². The highest BCUT2D eigenvalue weighted by Gasteiger charge is 2.42. The monoisotopic (exact) mass is 586 g/mol. The maximum atomic E-state index is 12.9. The lowest BCUT2D eigenvalue weighted by molar-refractivity contribution is -0.144. The number of hydrogen-bond acceptors (Lipinski definition) is 6. The number of carboxylic acid groups (broad SMARTS) is 1. The molecule has 9 nitrogen and oxygen atoms in total. The normalized spacial score (nSPS) is 18.0. The number of aliphatic carboxylic acids is 1. The second-order valence-electron chi connectivity index (χ2n) is 9.17. The minimum Gasteiger partial charge on any atom is -0.489 e. The number of benzene rings is 3. The van der Waals surface area contributed by atoms with Crippen LogP contribution in [0, 0.1) is 0 Å². The zero-order valence-electron chi connectivity index (χ0n) is 21.5. The molecule has 0 aliphatic carbocycles. The molecule has 11 heteroatoms. The Morgan fingerprint density at radius 3 is 2.10 bits per heavy atom. The summed E-state index contributed by atoms with van der Waals surface area (Å²) in [4.78, 5) is 37.7. The highest BCUT2D eigenvalue weighted by Crippen LogP contribution is 2.26. The molecule has 0 aromatic heterocycles. The summed E-state index contributed by atoms with van der Waals surface area (Å²) < 4.78 is 16.5. The molecule has 3 N–H and O–H groups in total. The lowest BCUT2D eigenvalue weighted by Gasteiger charge is -2.21. The minimum absolute atomic E-state index is 0.00677. The van der Waals surface area contributed by atoms with Crippen molar-refractivity contribution < 1.29 is 33.7 Å². The van der Waals surface area contributed by atoms with Crippen molar-refractivity contribution in [2.75, 3.05) is 6.79 Å². The van der Waals surface area contributed by atoms with Crippen molar-refractivity contribution in [2.24, 2.45) is 0 Å². The number of halogens is 2. The predicted molar refractivity (Wildman–Crippen MR) is 148 cm³/mol. The minimum atomic E-state index is -1.29. The van der Waals surface area contributed by atoms with Gasteiger partial charge < -0.3 is 30.0 Å². The summed E-state index contributed by atoms with van der Waals surface area (Å²) in [6, 6.07) is 19.7. The average Bonchev–Trinajstić information content (AvgIpc) is 3.44. The molecule has 1 fully saturated rings. The molecule has 1 aliphatic heterocycles. The van der Waals surface area contributed by atoms with Gasteiger partial charge in [-0.3, -0.25) is 9.59 Å². The summed E-state index contributed by atoms with van der Waals surface area (Å²) in [7, 11) is 0. The Morgan fingerprint density at radius 1 is 0.900 bits per heavy atom. The van der Waals surface area contributed by atoms with Gasteiger partial charge in [0.1, 0.15) is 25.2 Å². The molecule has 3 aromatic rings. The van der Waals surface area contributed by atoms with Crippen molar-refractivity contribution in [3.8, 4) is 5.75 Å². The van der Waals surface area contributed by atoms with Crippen molar-refractivity contribution in [3.05, 3.63) is 99.5 Å². The largest absolute Gasteiger partial charge is 0.489 e. The van der Waals surface area contributed by atoms with E-state index in [4.69, 9.17) is 37.4 Å². The smallest absolute Gasteiger partial charge is 0.326 e. The molecule has 0 saturated carbocycles. The number of ether oxygens (including phenoxy) is 3. The maximum Gasteiger partial charge on any atom is 0.326 e. The molecule has 0 unspecified atom stereocenters. The second kappa shape index (κ2) is 13.6. The number of carboxylic acids is 1. The fourth-order valence-corrected chi connectivity index (χ4v) is 4.65. The first-order valence-electron chi connectivity index (χ1n) is 12.5. The summed E-state index contributed by atoms with van der Waals surface area (Å²) in [6.45, 7) is 1.70. The van der Waals surface area contributed by atoms with Crippen LogP contribution in [0.4, 0.5) is 0 Å². The lowest BCUT2D eigenvalue weighted by Crippen LogP contribution is -2.52. The molecule has 210 valence electrons. The number of carbonyl (C=O) groups is 3. The predicted octanol–water partition coefficient (Wildman–Crippen LogP) is 4.30. The highest BCUT2D eigenvalue weighted by molar-refractivity contribution is 6.35. The van der Waals surface area contributed by atoms with Crippen LogP contribution >= 0.6 is 23.2 Å². The second-order valence-corrected chi connectivity index (χ2v) is 9.98. The third-order valence-electron chi connectivity index (χ3n) is 6.37. The first kappa shape index (κ1) is 29.4. The van der Waals surface area contributed by atoms with Gasteiger partial charge in [0.2, 0.25) is 0 Å². The number of hydrogen-bond donors (Lipinski definition) is 3. The van der Waals surface area contributed by atoms with Crippen LogP contribution in [0.15, 0.2) is 72.8 Å². The van der Waals surface area contributed by atoms with Crippen LogP contribution in [0.2, 0.25) is 10.0 Å². The van der Waals surface area contributed by atoms with E-state index in [9.17, 15) is 19.5 Å². The molecule has 1 aliphatic rings. The van der Waals surface area contributed by atoms with Crippen LogP contribution in [-0.4, -0.2) is 47.9 Å². The van der Waals surface area contributed by atoms with Gasteiger partial charge >= 0.3 is 5.97 Å². The van der Waals surface area contributed by atoms with E-state index in [0.717, 1.165) is 5.56 Å². The summed E-state index contributed by atoms with van der Waals surface area (Å²) >= 11 is 12.4. The molecule has 4 rings (SSSR count). The molecule has 3 aromatic carbocycles. The molecular formula is C29H28Cl2N2O7.